The lowest BCUT2D eigenvalue weighted by Crippen LogP contribution is -2.34. The fraction of sp³-hybridized carbons (Fsp3) is 0.235. The van der Waals surface area contributed by atoms with Gasteiger partial charge in [0.25, 0.3) is 11.6 Å². The second-order valence-electron chi connectivity index (χ2n) is 5.47. The zero-order valence-corrected chi connectivity index (χ0v) is 12.6. The van der Waals surface area contributed by atoms with E-state index in [0.29, 0.717) is 17.7 Å². The number of nitrogens with one attached hydrogen (secondary N) is 1. The number of hydrogen-bond acceptors (Lipinski definition) is 4. The van der Waals surface area contributed by atoms with Gasteiger partial charge in [-0.2, -0.15) is 0 Å². The number of fused-ring (bicyclic) bond motifs is 1. The first-order chi connectivity index (χ1) is 11.1. The Bertz CT molecular complexity index is 748. The number of rotatable bonds is 4. The van der Waals surface area contributed by atoms with Crippen LogP contribution in [-0.4, -0.2) is 23.5 Å². The van der Waals surface area contributed by atoms with Gasteiger partial charge in [-0.25, -0.2) is 0 Å². The third-order valence-electron chi connectivity index (χ3n) is 3.95. The average Bonchev–Trinajstić information content (AvgIpc) is 2.95. The minimum absolute atomic E-state index is 0.0535. The summed E-state index contributed by atoms with van der Waals surface area (Å²) in [5, 5.41) is 13.7. The van der Waals surface area contributed by atoms with Crippen LogP contribution < -0.4 is 10.1 Å². The number of amides is 1. The maximum Gasteiger partial charge on any atom is 0.273 e. The van der Waals surface area contributed by atoms with Gasteiger partial charge in [0.1, 0.15) is 11.9 Å². The fourth-order valence-corrected chi connectivity index (χ4v) is 2.74. The zero-order chi connectivity index (χ0) is 16.4. The molecule has 118 valence electrons. The Hall–Kier alpha value is -2.89. The van der Waals surface area contributed by atoms with E-state index in [9.17, 15) is 14.9 Å². The summed E-state index contributed by atoms with van der Waals surface area (Å²) in [5.41, 5.74) is 1.75. The number of ether oxygens (including phenoxy) is 1. The van der Waals surface area contributed by atoms with Gasteiger partial charge in [-0.3, -0.25) is 14.9 Å². The van der Waals surface area contributed by atoms with Gasteiger partial charge < -0.3 is 10.1 Å². The molecule has 6 nitrogen and oxygen atoms in total. The van der Waals surface area contributed by atoms with E-state index in [1.165, 1.54) is 12.1 Å². The second-order valence-corrected chi connectivity index (χ2v) is 5.47. The predicted octanol–water partition coefficient (Wildman–Crippen LogP) is 2.64. The van der Waals surface area contributed by atoms with Gasteiger partial charge in [0.2, 0.25) is 0 Å². The Morgan fingerprint density at radius 3 is 2.83 bits per heavy atom. The third-order valence-corrected chi connectivity index (χ3v) is 3.95. The van der Waals surface area contributed by atoms with E-state index in [4.69, 9.17) is 4.74 Å². The highest BCUT2D eigenvalue weighted by molar-refractivity contribution is 5.96. The van der Waals surface area contributed by atoms with E-state index >= 15 is 0 Å². The van der Waals surface area contributed by atoms with Crippen LogP contribution >= 0.6 is 0 Å². The Kier molecular flexibility index (Phi) is 3.97. The number of carbonyl (C=O) groups excluding carboxylic acids is 1. The molecule has 1 heterocycles. The first kappa shape index (κ1) is 15.0. The summed E-state index contributed by atoms with van der Waals surface area (Å²) in [6, 6.07) is 12.3. The molecular weight excluding hydrogens is 296 g/mol. The normalized spacial score (nSPS) is 15.6. The van der Waals surface area contributed by atoms with Crippen LogP contribution in [0.4, 0.5) is 5.69 Å². The number of nitro benzene ring substituents is 1. The van der Waals surface area contributed by atoms with E-state index in [0.717, 1.165) is 17.7 Å². The van der Waals surface area contributed by atoms with Crippen LogP contribution in [0.2, 0.25) is 0 Å². The van der Waals surface area contributed by atoms with Crippen LogP contribution in [0.3, 0.4) is 0 Å². The van der Waals surface area contributed by atoms with Crippen LogP contribution in [0, 0.1) is 17.0 Å². The lowest BCUT2D eigenvalue weighted by molar-refractivity contribution is -0.385. The molecule has 0 spiro atoms. The molecule has 0 unspecified atom stereocenters. The molecular formula is C17H16N2O4. The molecule has 1 N–H and O–H groups in total. The Morgan fingerprint density at radius 2 is 2.09 bits per heavy atom. The molecule has 1 aliphatic rings. The maximum absolute atomic E-state index is 12.3. The smallest absolute Gasteiger partial charge is 0.273 e. The summed E-state index contributed by atoms with van der Waals surface area (Å²) in [6.45, 7) is 1.94. The van der Waals surface area contributed by atoms with Crippen LogP contribution in [-0.2, 0) is 6.42 Å². The highest BCUT2D eigenvalue weighted by Gasteiger charge is 2.24. The number of carbonyl (C=O) groups is 1. The van der Waals surface area contributed by atoms with Gasteiger partial charge in [-0.1, -0.05) is 24.3 Å². The van der Waals surface area contributed by atoms with E-state index in [1.54, 1.807) is 13.0 Å². The van der Waals surface area contributed by atoms with Crippen molar-refractivity contribution in [3.63, 3.8) is 0 Å². The summed E-state index contributed by atoms with van der Waals surface area (Å²) < 4.78 is 5.76. The van der Waals surface area contributed by atoms with Crippen LogP contribution in [0.5, 0.6) is 5.75 Å². The summed E-state index contributed by atoms with van der Waals surface area (Å²) in [5.74, 6) is 0.518. The molecule has 0 saturated carbocycles. The minimum atomic E-state index is -0.483. The summed E-state index contributed by atoms with van der Waals surface area (Å²) >= 11 is 0. The third kappa shape index (κ3) is 3.01. The van der Waals surface area contributed by atoms with Crippen LogP contribution in [0.25, 0.3) is 0 Å². The van der Waals surface area contributed by atoms with Crippen molar-refractivity contribution in [1.82, 2.24) is 5.32 Å². The quantitative estimate of drug-likeness (QED) is 0.695. The van der Waals surface area contributed by atoms with E-state index < -0.39 is 4.92 Å². The van der Waals surface area contributed by atoms with E-state index in [1.807, 2.05) is 24.3 Å². The van der Waals surface area contributed by atoms with Gasteiger partial charge in [0, 0.05) is 23.6 Å². The molecule has 1 amide bonds. The van der Waals surface area contributed by atoms with Gasteiger partial charge in [-0.05, 0) is 24.6 Å². The van der Waals surface area contributed by atoms with Gasteiger partial charge in [0.05, 0.1) is 11.5 Å². The first-order valence-electron chi connectivity index (χ1n) is 7.33. The zero-order valence-electron chi connectivity index (χ0n) is 12.6. The average molecular weight is 312 g/mol. The second kappa shape index (κ2) is 6.08. The standard InChI is InChI=1S/C17H16N2O4/c1-11-14(6-4-7-15(11)19(21)22)17(20)18-10-13-9-12-5-2-3-8-16(12)23-13/h2-8,13H,9-10H2,1H3,(H,18,20)/t13-/m1/s1. The highest BCUT2D eigenvalue weighted by Crippen LogP contribution is 2.28. The van der Waals surface area contributed by atoms with Gasteiger partial charge in [-0.15, -0.1) is 0 Å². The van der Waals surface area contributed by atoms with Crippen molar-refractivity contribution >= 4 is 11.6 Å². The molecule has 0 saturated heterocycles. The van der Waals surface area contributed by atoms with Crippen molar-refractivity contribution in [2.24, 2.45) is 0 Å². The van der Waals surface area contributed by atoms with E-state index in [2.05, 4.69) is 5.32 Å². The number of benzene rings is 2. The van der Waals surface area contributed by atoms with E-state index in [-0.39, 0.29) is 17.7 Å². The SMILES string of the molecule is Cc1c(C(=O)NC[C@H]2Cc3ccccc3O2)cccc1[N+](=O)[O-]. The molecule has 3 rings (SSSR count). The lowest BCUT2D eigenvalue weighted by Gasteiger charge is -2.13. The fourth-order valence-electron chi connectivity index (χ4n) is 2.74. The van der Waals surface area contributed by atoms with Crippen molar-refractivity contribution in [2.45, 2.75) is 19.4 Å². The molecule has 0 aliphatic carbocycles. The minimum Gasteiger partial charge on any atom is -0.488 e. The van der Waals surface area contributed by atoms with Crippen molar-refractivity contribution in [3.05, 3.63) is 69.3 Å². The molecule has 0 aromatic heterocycles. The molecule has 6 heteroatoms. The highest BCUT2D eigenvalue weighted by atomic mass is 16.6. The van der Waals surface area contributed by atoms with Gasteiger partial charge in [0.15, 0.2) is 0 Å². The number of para-hydroxylation sites is 1. The Balaban J connectivity index is 1.65. The van der Waals surface area contributed by atoms with Crippen molar-refractivity contribution < 1.29 is 14.5 Å². The molecule has 23 heavy (non-hydrogen) atoms. The summed E-state index contributed by atoms with van der Waals surface area (Å²) in [7, 11) is 0. The largest absolute Gasteiger partial charge is 0.488 e. The first-order valence-corrected chi connectivity index (χ1v) is 7.33. The molecule has 0 radical (unpaired) electrons. The molecule has 2 aromatic rings. The molecule has 2 aromatic carbocycles. The number of nitro groups is 1. The van der Waals surface area contributed by atoms with Crippen LogP contribution in [0.15, 0.2) is 42.5 Å². The molecule has 0 fully saturated rings. The predicted molar refractivity (Wildman–Crippen MR) is 84.7 cm³/mol. The van der Waals surface area contributed by atoms with Crippen molar-refractivity contribution in [1.29, 1.82) is 0 Å². The number of hydrogen-bond donors (Lipinski definition) is 1. The molecule has 1 atom stereocenters. The van der Waals surface area contributed by atoms with Crippen LogP contribution in [0.1, 0.15) is 21.5 Å². The monoisotopic (exact) mass is 312 g/mol. The molecule has 0 bridgehead atoms. The Morgan fingerprint density at radius 1 is 1.30 bits per heavy atom. The summed E-state index contributed by atoms with van der Waals surface area (Å²) in [6.07, 6.45) is 0.625. The summed E-state index contributed by atoms with van der Waals surface area (Å²) in [4.78, 5) is 22.7. The van der Waals surface area contributed by atoms with Gasteiger partial charge >= 0.3 is 0 Å². The topological polar surface area (TPSA) is 81.5 Å². The Labute approximate surface area is 133 Å². The van der Waals surface area contributed by atoms with Crippen molar-refractivity contribution in [3.8, 4) is 5.75 Å². The molecule has 1 aliphatic heterocycles. The number of nitrogens with zero attached hydrogens (tertiary/aromatic N) is 1. The lowest BCUT2D eigenvalue weighted by atomic mass is 10.1. The maximum atomic E-state index is 12.3. The van der Waals surface area contributed by atoms with Crippen molar-refractivity contribution in [2.75, 3.05) is 6.54 Å².